The van der Waals surface area contributed by atoms with E-state index in [1.807, 2.05) is 19.4 Å². The van der Waals surface area contributed by atoms with Crippen molar-refractivity contribution < 1.29 is 9.90 Å². The predicted octanol–water partition coefficient (Wildman–Crippen LogP) is 2.04. The molecule has 5 nitrogen and oxygen atoms in total. The molecule has 0 radical (unpaired) electrons. The Morgan fingerprint density at radius 2 is 2.25 bits per heavy atom. The first-order chi connectivity index (χ1) is 9.32. The van der Waals surface area contributed by atoms with Crippen LogP contribution in [0.2, 0.25) is 0 Å². The molecule has 0 saturated heterocycles. The first-order valence-corrected chi connectivity index (χ1v) is 7.26. The van der Waals surface area contributed by atoms with Gasteiger partial charge >= 0.3 is 5.97 Å². The highest BCUT2D eigenvalue weighted by Crippen LogP contribution is 2.45. The van der Waals surface area contributed by atoms with Gasteiger partial charge in [0.15, 0.2) is 0 Å². The molecule has 0 bridgehead atoms. The zero-order valence-corrected chi connectivity index (χ0v) is 12.8. The van der Waals surface area contributed by atoms with E-state index in [-0.39, 0.29) is 11.3 Å². The summed E-state index contributed by atoms with van der Waals surface area (Å²) in [7, 11) is 1.91. The van der Waals surface area contributed by atoms with E-state index in [0.717, 1.165) is 24.9 Å². The van der Waals surface area contributed by atoms with Crippen molar-refractivity contribution >= 4 is 5.97 Å². The van der Waals surface area contributed by atoms with Gasteiger partial charge in [-0.2, -0.15) is 5.10 Å². The van der Waals surface area contributed by atoms with E-state index >= 15 is 0 Å². The number of rotatable bonds is 4. The van der Waals surface area contributed by atoms with Crippen LogP contribution in [0, 0.1) is 17.3 Å². The van der Waals surface area contributed by atoms with Crippen molar-refractivity contribution in [1.82, 2.24) is 15.1 Å². The molecule has 0 aliphatic heterocycles. The Hall–Kier alpha value is -1.36. The Labute approximate surface area is 120 Å². The molecular weight excluding hydrogens is 254 g/mol. The lowest BCUT2D eigenvalue weighted by Gasteiger charge is -2.46. The number of carboxylic acid groups (broad SMARTS) is 1. The lowest BCUT2D eigenvalue weighted by molar-refractivity contribution is -0.150. The molecule has 1 heterocycles. The third-order valence-electron chi connectivity index (χ3n) is 5.07. The first-order valence-electron chi connectivity index (χ1n) is 7.26. The minimum absolute atomic E-state index is 0.184. The van der Waals surface area contributed by atoms with Crippen LogP contribution in [0.5, 0.6) is 0 Å². The van der Waals surface area contributed by atoms with Gasteiger partial charge < -0.3 is 10.4 Å². The Morgan fingerprint density at radius 1 is 1.55 bits per heavy atom. The highest BCUT2D eigenvalue weighted by molar-refractivity contribution is 5.71. The second-order valence-corrected chi connectivity index (χ2v) is 6.59. The first kappa shape index (κ1) is 15.0. The molecule has 0 amide bonds. The molecule has 2 rings (SSSR count). The van der Waals surface area contributed by atoms with Crippen LogP contribution < -0.4 is 5.32 Å². The summed E-state index contributed by atoms with van der Waals surface area (Å²) < 4.78 is 1.80. The number of hydrogen-bond acceptors (Lipinski definition) is 3. The van der Waals surface area contributed by atoms with Crippen LogP contribution in [0.3, 0.4) is 0 Å². The zero-order valence-electron chi connectivity index (χ0n) is 12.8. The van der Waals surface area contributed by atoms with Crippen molar-refractivity contribution in [1.29, 1.82) is 0 Å². The van der Waals surface area contributed by atoms with Gasteiger partial charge in [0.25, 0.3) is 0 Å². The van der Waals surface area contributed by atoms with Gasteiger partial charge in [-0.05, 0) is 24.2 Å². The number of aromatic nitrogens is 2. The minimum atomic E-state index is -0.660. The van der Waals surface area contributed by atoms with E-state index < -0.39 is 5.97 Å². The molecule has 0 aromatic carbocycles. The summed E-state index contributed by atoms with van der Waals surface area (Å²) in [6, 6.07) is 0.362. The van der Waals surface area contributed by atoms with E-state index in [1.54, 1.807) is 4.68 Å². The summed E-state index contributed by atoms with van der Waals surface area (Å²) in [5.41, 5.74) is 0.981. The van der Waals surface area contributed by atoms with Gasteiger partial charge in [-0.25, -0.2) is 0 Å². The third kappa shape index (κ3) is 2.87. The molecule has 1 aliphatic rings. The van der Waals surface area contributed by atoms with Gasteiger partial charge in [0.1, 0.15) is 0 Å². The van der Waals surface area contributed by atoms with Crippen molar-refractivity contribution in [2.75, 3.05) is 0 Å². The summed E-state index contributed by atoms with van der Waals surface area (Å²) in [6.07, 6.45) is 5.54. The fourth-order valence-corrected chi connectivity index (χ4v) is 3.34. The molecule has 0 spiro atoms. The average Bonchev–Trinajstić information content (AvgIpc) is 2.76. The summed E-state index contributed by atoms with van der Waals surface area (Å²) in [5, 5.41) is 17.1. The highest BCUT2D eigenvalue weighted by Gasteiger charge is 2.45. The lowest BCUT2D eigenvalue weighted by Crippen LogP contribution is -2.50. The van der Waals surface area contributed by atoms with Gasteiger partial charge in [-0.1, -0.05) is 20.8 Å². The Morgan fingerprint density at radius 3 is 2.80 bits per heavy atom. The van der Waals surface area contributed by atoms with Crippen molar-refractivity contribution in [3.63, 3.8) is 0 Å². The average molecular weight is 279 g/mol. The second kappa shape index (κ2) is 5.56. The molecule has 3 atom stereocenters. The number of aliphatic carboxylic acids is 1. The van der Waals surface area contributed by atoms with E-state index in [0.29, 0.717) is 12.0 Å². The molecule has 3 unspecified atom stereocenters. The van der Waals surface area contributed by atoms with Crippen LogP contribution >= 0.6 is 0 Å². The number of hydrogen-bond donors (Lipinski definition) is 2. The molecule has 1 aromatic rings. The molecule has 20 heavy (non-hydrogen) atoms. The van der Waals surface area contributed by atoms with E-state index in [1.165, 1.54) is 0 Å². The summed E-state index contributed by atoms with van der Waals surface area (Å²) in [4.78, 5) is 11.4. The molecule has 1 saturated carbocycles. The van der Waals surface area contributed by atoms with Crippen LogP contribution in [0.25, 0.3) is 0 Å². The Bertz CT molecular complexity index is 481. The van der Waals surface area contributed by atoms with Crippen molar-refractivity contribution in [2.45, 2.75) is 46.2 Å². The van der Waals surface area contributed by atoms with E-state index in [4.69, 9.17) is 0 Å². The maximum atomic E-state index is 11.4. The zero-order chi connectivity index (χ0) is 14.9. The SMILES string of the molecule is CC1C(NCc2cnn(C)c2)CCC(C(=O)O)C1(C)C. The van der Waals surface area contributed by atoms with Gasteiger partial charge in [-0.15, -0.1) is 0 Å². The fraction of sp³-hybridized carbons (Fsp3) is 0.733. The molecular formula is C15H25N3O2. The molecule has 112 valence electrons. The summed E-state index contributed by atoms with van der Waals surface area (Å²) in [6.45, 7) is 7.11. The minimum Gasteiger partial charge on any atom is -0.481 e. The maximum absolute atomic E-state index is 11.4. The van der Waals surface area contributed by atoms with E-state index in [2.05, 4.69) is 31.2 Å². The summed E-state index contributed by atoms with van der Waals surface area (Å²) in [5.74, 6) is -0.574. The number of nitrogens with one attached hydrogen (secondary N) is 1. The molecule has 2 N–H and O–H groups in total. The number of aryl methyl sites for hydroxylation is 1. The number of carbonyl (C=O) groups is 1. The van der Waals surface area contributed by atoms with Crippen LogP contribution in [0.4, 0.5) is 0 Å². The molecule has 1 aromatic heterocycles. The molecule has 1 aliphatic carbocycles. The quantitative estimate of drug-likeness (QED) is 0.885. The summed E-state index contributed by atoms with van der Waals surface area (Å²) >= 11 is 0. The number of carboxylic acids is 1. The van der Waals surface area contributed by atoms with Gasteiger partial charge in [-0.3, -0.25) is 9.48 Å². The topological polar surface area (TPSA) is 67.2 Å². The third-order valence-corrected chi connectivity index (χ3v) is 5.07. The smallest absolute Gasteiger partial charge is 0.307 e. The van der Waals surface area contributed by atoms with Crippen molar-refractivity contribution in [2.24, 2.45) is 24.3 Å². The highest BCUT2D eigenvalue weighted by atomic mass is 16.4. The Kier molecular flexibility index (Phi) is 4.18. The molecule has 1 fully saturated rings. The molecule has 5 heteroatoms. The monoisotopic (exact) mass is 279 g/mol. The number of nitrogens with zero attached hydrogens (tertiary/aromatic N) is 2. The van der Waals surface area contributed by atoms with Gasteiger partial charge in [0, 0.05) is 31.4 Å². The fourth-order valence-electron chi connectivity index (χ4n) is 3.34. The van der Waals surface area contributed by atoms with Crippen LogP contribution in [-0.4, -0.2) is 26.9 Å². The van der Waals surface area contributed by atoms with Crippen molar-refractivity contribution in [3.05, 3.63) is 18.0 Å². The largest absolute Gasteiger partial charge is 0.481 e. The van der Waals surface area contributed by atoms with Crippen LogP contribution in [0.15, 0.2) is 12.4 Å². The van der Waals surface area contributed by atoms with E-state index in [9.17, 15) is 9.90 Å². The standard InChI is InChI=1S/C15H25N3O2/c1-10-13(16-7-11-8-17-18(4)9-11)6-5-12(14(19)20)15(10,2)3/h8-10,12-13,16H,5-7H2,1-4H3,(H,19,20). The van der Waals surface area contributed by atoms with Crippen molar-refractivity contribution in [3.8, 4) is 0 Å². The van der Waals surface area contributed by atoms with Gasteiger partial charge in [0.2, 0.25) is 0 Å². The van der Waals surface area contributed by atoms with Crippen LogP contribution in [-0.2, 0) is 18.4 Å². The van der Waals surface area contributed by atoms with Gasteiger partial charge in [0.05, 0.1) is 12.1 Å². The predicted molar refractivity (Wildman–Crippen MR) is 77.1 cm³/mol. The lowest BCUT2D eigenvalue weighted by atomic mass is 9.61. The second-order valence-electron chi connectivity index (χ2n) is 6.59. The normalized spacial score (nSPS) is 29.3. The van der Waals surface area contributed by atoms with Crippen LogP contribution in [0.1, 0.15) is 39.2 Å². The Balaban J connectivity index is 1.99. The maximum Gasteiger partial charge on any atom is 0.307 e.